The Morgan fingerprint density at radius 2 is 2.00 bits per heavy atom. The number of benzene rings is 1. The SMILES string of the molecule is CC(C)C(CO)Nc1nc(NCc2cc(I)ccc2N)c2ncn(C3CCCCC3)c2n1. The van der Waals surface area contributed by atoms with Crippen LogP contribution in [0, 0.1) is 9.49 Å². The van der Waals surface area contributed by atoms with Crippen LogP contribution >= 0.6 is 22.6 Å². The highest BCUT2D eigenvalue weighted by atomic mass is 127. The number of aromatic nitrogens is 4. The van der Waals surface area contributed by atoms with Crippen LogP contribution in [0.1, 0.15) is 57.6 Å². The molecule has 5 N–H and O–H groups in total. The number of nitrogens with one attached hydrogen (secondary N) is 2. The number of rotatable bonds is 8. The van der Waals surface area contributed by atoms with Crippen molar-refractivity contribution >= 4 is 51.2 Å². The quantitative estimate of drug-likeness (QED) is 0.241. The van der Waals surface area contributed by atoms with E-state index < -0.39 is 0 Å². The smallest absolute Gasteiger partial charge is 0.227 e. The van der Waals surface area contributed by atoms with Crippen molar-refractivity contribution in [2.75, 3.05) is 23.0 Å². The van der Waals surface area contributed by atoms with Crippen molar-refractivity contribution < 1.29 is 5.11 Å². The lowest BCUT2D eigenvalue weighted by Gasteiger charge is -2.24. The molecular weight excluding hydrogens is 517 g/mol. The van der Waals surface area contributed by atoms with Gasteiger partial charge in [-0.15, -0.1) is 0 Å². The number of anilines is 3. The number of hydrogen-bond donors (Lipinski definition) is 4. The number of hydrogen-bond acceptors (Lipinski definition) is 7. The zero-order chi connectivity index (χ0) is 22.7. The van der Waals surface area contributed by atoms with Crippen molar-refractivity contribution in [3.05, 3.63) is 33.7 Å². The first-order chi connectivity index (χ1) is 15.5. The summed E-state index contributed by atoms with van der Waals surface area (Å²) < 4.78 is 3.34. The number of aliphatic hydroxyl groups is 1. The zero-order valence-electron chi connectivity index (χ0n) is 18.7. The minimum atomic E-state index is -0.127. The summed E-state index contributed by atoms with van der Waals surface area (Å²) in [6, 6.07) is 6.28. The molecule has 1 saturated carbocycles. The fourth-order valence-electron chi connectivity index (χ4n) is 4.23. The predicted octanol–water partition coefficient (Wildman–Crippen LogP) is 4.56. The molecular formula is C23H32IN7O. The Bertz CT molecular complexity index is 1060. The van der Waals surface area contributed by atoms with Crippen molar-refractivity contribution in [1.82, 2.24) is 19.5 Å². The number of nitrogen functional groups attached to an aromatic ring is 1. The number of aliphatic hydroxyl groups excluding tert-OH is 1. The molecule has 1 aromatic carbocycles. The number of nitrogens with two attached hydrogens (primary N) is 1. The number of imidazole rings is 1. The van der Waals surface area contributed by atoms with Crippen molar-refractivity contribution in [2.24, 2.45) is 5.92 Å². The van der Waals surface area contributed by atoms with Gasteiger partial charge in [-0.1, -0.05) is 33.1 Å². The van der Waals surface area contributed by atoms with Gasteiger partial charge in [-0.05, 0) is 65.1 Å². The van der Waals surface area contributed by atoms with Crippen LogP contribution < -0.4 is 16.4 Å². The molecule has 1 atom stereocenters. The van der Waals surface area contributed by atoms with E-state index in [0.29, 0.717) is 24.4 Å². The molecule has 2 aromatic heterocycles. The molecule has 1 aliphatic rings. The van der Waals surface area contributed by atoms with Gasteiger partial charge in [-0.25, -0.2) is 4.98 Å². The third-order valence-corrected chi connectivity index (χ3v) is 6.93. The second-order valence-electron chi connectivity index (χ2n) is 8.89. The zero-order valence-corrected chi connectivity index (χ0v) is 20.8. The molecule has 8 nitrogen and oxygen atoms in total. The van der Waals surface area contributed by atoms with E-state index in [1.165, 1.54) is 19.3 Å². The van der Waals surface area contributed by atoms with E-state index in [0.717, 1.165) is 38.8 Å². The number of halogens is 1. The van der Waals surface area contributed by atoms with Crippen LogP contribution in [0.2, 0.25) is 0 Å². The summed E-state index contributed by atoms with van der Waals surface area (Å²) in [5.74, 6) is 1.41. The molecule has 0 aliphatic heterocycles. The molecule has 1 unspecified atom stereocenters. The second-order valence-corrected chi connectivity index (χ2v) is 10.1. The summed E-state index contributed by atoms with van der Waals surface area (Å²) in [7, 11) is 0. The Balaban J connectivity index is 1.70. The first-order valence-electron chi connectivity index (χ1n) is 11.4. The summed E-state index contributed by atoms with van der Waals surface area (Å²) in [6.07, 6.45) is 7.95. The summed E-state index contributed by atoms with van der Waals surface area (Å²) in [5, 5.41) is 16.6. The molecule has 32 heavy (non-hydrogen) atoms. The van der Waals surface area contributed by atoms with Crippen LogP contribution in [0.4, 0.5) is 17.5 Å². The van der Waals surface area contributed by atoms with Crippen LogP contribution in [0.3, 0.4) is 0 Å². The fraction of sp³-hybridized carbons (Fsp3) is 0.522. The highest BCUT2D eigenvalue weighted by molar-refractivity contribution is 14.1. The van der Waals surface area contributed by atoms with Crippen LogP contribution in [0.25, 0.3) is 11.2 Å². The third kappa shape index (κ3) is 5.09. The van der Waals surface area contributed by atoms with E-state index >= 15 is 0 Å². The molecule has 2 heterocycles. The van der Waals surface area contributed by atoms with Gasteiger partial charge in [-0.2, -0.15) is 9.97 Å². The van der Waals surface area contributed by atoms with E-state index in [2.05, 4.69) is 62.7 Å². The highest BCUT2D eigenvalue weighted by Gasteiger charge is 2.22. The van der Waals surface area contributed by atoms with Crippen LogP contribution in [-0.2, 0) is 6.54 Å². The van der Waals surface area contributed by atoms with Crippen molar-refractivity contribution in [1.29, 1.82) is 0 Å². The molecule has 0 bridgehead atoms. The maximum atomic E-state index is 9.80. The molecule has 0 amide bonds. The monoisotopic (exact) mass is 549 g/mol. The lowest BCUT2D eigenvalue weighted by atomic mass is 9.95. The van der Waals surface area contributed by atoms with Crippen LogP contribution in [-0.4, -0.2) is 37.3 Å². The van der Waals surface area contributed by atoms with Gasteiger partial charge in [0.05, 0.1) is 19.0 Å². The lowest BCUT2D eigenvalue weighted by Crippen LogP contribution is -2.30. The number of fused-ring (bicyclic) bond motifs is 1. The Labute approximate surface area is 202 Å². The molecule has 4 rings (SSSR count). The van der Waals surface area contributed by atoms with E-state index in [-0.39, 0.29) is 18.6 Å². The van der Waals surface area contributed by atoms with E-state index in [4.69, 9.17) is 15.7 Å². The summed E-state index contributed by atoms with van der Waals surface area (Å²) in [4.78, 5) is 14.2. The second kappa shape index (κ2) is 10.2. The maximum absolute atomic E-state index is 9.80. The topological polar surface area (TPSA) is 114 Å². The molecule has 1 fully saturated rings. The normalized spacial score (nSPS) is 15.9. The van der Waals surface area contributed by atoms with Crippen molar-refractivity contribution in [2.45, 2.75) is 64.6 Å². The molecule has 0 spiro atoms. The van der Waals surface area contributed by atoms with Gasteiger partial charge in [0.25, 0.3) is 0 Å². The Kier molecular flexibility index (Phi) is 7.34. The van der Waals surface area contributed by atoms with Gasteiger partial charge in [0.1, 0.15) is 0 Å². The summed E-state index contributed by atoms with van der Waals surface area (Å²) >= 11 is 2.29. The lowest BCUT2D eigenvalue weighted by molar-refractivity contribution is 0.248. The molecule has 0 radical (unpaired) electrons. The van der Waals surface area contributed by atoms with Crippen molar-refractivity contribution in [3.8, 4) is 0 Å². The average Bonchev–Trinajstić information content (AvgIpc) is 3.22. The Hall–Kier alpha value is -2.14. The molecule has 3 aromatic rings. The van der Waals surface area contributed by atoms with Crippen LogP contribution in [0.15, 0.2) is 24.5 Å². The largest absolute Gasteiger partial charge is 0.398 e. The summed E-state index contributed by atoms with van der Waals surface area (Å²) in [6.45, 7) is 4.69. The standard InChI is InChI=1S/C23H32IN7O/c1-14(2)19(12-32)28-23-29-21(26-11-15-10-16(24)8-9-18(15)25)20-22(30-23)31(13-27-20)17-6-4-3-5-7-17/h8-10,13-14,17,19,32H,3-7,11-12,25H2,1-2H3,(H2,26,28,29,30). The van der Waals surface area contributed by atoms with Gasteiger partial charge < -0.3 is 26.0 Å². The minimum Gasteiger partial charge on any atom is -0.398 e. The van der Waals surface area contributed by atoms with Crippen LogP contribution in [0.5, 0.6) is 0 Å². The molecule has 1 aliphatic carbocycles. The first-order valence-corrected chi connectivity index (χ1v) is 12.4. The fourth-order valence-corrected chi connectivity index (χ4v) is 4.78. The average molecular weight is 549 g/mol. The van der Waals surface area contributed by atoms with E-state index in [9.17, 15) is 5.11 Å². The van der Waals surface area contributed by atoms with Gasteiger partial charge in [0.15, 0.2) is 17.0 Å². The molecule has 0 saturated heterocycles. The Morgan fingerprint density at radius 1 is 1.22 bits per heavy atom. The van der Waals surface area contributed by atoms with Gasteiger partial charge >= 0.3 is 0 Å². The minimum absolute atomic E-state index is 0.0166. The first kappa shape index (κ1) is 23.0. The molecule has 9 heteroatoms. The van der Waals surface area contributed by atoms with Gasteiger partial charge in [0.2, 0.25) is 5.95 Å². The van der Waals surface area contributed by atoms with E-state index in [1.807, 2.05) is 18.5 Å². The van der Waals surface area contributed by atoms with Gasteiger partial charge in [-0.3, -0.25) is 0 Å². The summed E-state index contributed by atoms with van der Waals surface area (Å²) in [5.41, 5.74) is 9.52. The number of nitrogens with zero attached hydrogens (tertiary/aromatic N) is 4. The highest BCUT2D eigenvalue weighted by Crippen LogP contribution is 2.32. The van der Waals surface area contributed by atoms with Gasteiger partial charge in [0, 0.05) is 21.8 Å². The van der Waals surface area contributed by atoms with E-state index in [1.54, 1.807) is 0 Å². The third-order valence-electron chi connectivity index (χ3n) is 6.26. The molecule has 172 valence electrons. The predicted molar refractivity (Wildman–Crippen MR) is 138 cm³/mol. The van der Waals surface area contributed by atoms with Crippen molar-refractivity contribution in [3.63, 3.8) is 0 Å². The maximum Gasteiger partial charge on any atom is 0.227 e. The Morgan fingerprint density at radius 3 is 2.72 bits per heavy atom.